The van der Waals surface area contributed by atoms with Crippen molar-refractivity contribution in [3.05, 3.63) is 89.2 Å². The van der Waals surface area contributed by atoms with E-state index < -0.39 is 18.3 Å². The van der Waals surface area contributed by atoms with E-state index in [9.17, 15) is 14.3 Å². The van der Waals surface area contributed by atoms with E-state index in [0.717, 1.165) is 5.56 Å². The van der Waals surface area contributed by atoms with Crippen molar-refractivity contribution in [2.75, 3.05) is 6.61 Å². The third kappa shape index (κ3) is 4.41. The number of benzene rings is 3. The Morgan fingerprint density at radius 1 is 1.03 bits per heavy atom. The number of carbonyl (C=O) groups is 1. The predicted molar refractivity (Wildman–Crippen MR) is 116 cm³/mol. The van der Waals surface area contributed by atoms with E-state index in [1.807, 2.05) is 30.3 Å². The zero-order valence-electron chi connectivity index (χ0n) is 16.2. The molecule has 8 heteroatoms. The first-order valence-corrected chi connectivity index (χ1v) is 9.78. The van der Waals surface area contributed by atoms with E-state index in [4.69, 9.17) is 16.3 Å². The first-order chi connectivity index (χ1) is 15.0. The maximum atomic E-state index is 13.6. The highest BCUT2D eigenvalue weighted by molar-refractivity contribution is 6.31. The van der Waals surface area contributed by atoms with Crippen molar-refractivity contribution in [3.8, 4) is 11.6 Å². The van der Waals surface area contributed by atoms with Crippen LogP contribution in [0.2, 0.25) is 5.02 Å². The number of hydrogen-bond donors (Lipinski definition) is 1. The average molecular weight is 438 g/mol. The van der Waals surface area contributed by atoms with Gasteiger partial charge in [0.2, 0.25) is 5.88 Å². The molecular formula is C23H17ClFN3O3. The zero-order chi connectivity index (χ0) is 21.8. The highest BCUT2D eigenvalue weighted by Gasteiger charge is 2.18. The molecule has 0 saturated carbocycles. The summed E-state index contributed by atoms with van der Waals surface area (Å²) in [4.78, 5) is 12.1. The van der Waals surface area contributed by atoms with Crippen molar-refractivity contribution in [1.29, 1.82) is 0 Å². The van der Waals surface area contributed by atoms with Crippen molar-refractivity contribution in [2.24, 2.45) is 10.2 Å². The predicted octanol–water partition coefficient (Wildman–Crippen LogP) is 5.88. The first kappa shape index (κ1) is 20.6. The van der Waals surface area contributed by atoms with E-state index in [1.165, 1.54) is 18.2 Å². The molecule has 0 radical (unpaired) electrons. The number of azo groups is 1. The van der Waals surface area contributed by atoms with Crippen LogP contribution in [0.3, 0.4) is 0 Å². The maximum Gasteiger partial charge on any atom is 0.302 e. The number of amides is 1. The van der Waals surface area contributed by atoms with Crippen LogP contribution in [-0.2, 0) is 11.3 Å². The van der Waals surface area contributed by atoms with E-state index in [1.54, 1.807) is 28.8 Å². The number of ether oxygens (including phenoxy) is 1. The number of aromatic nitrogens is 1. The van der Waals surface area contributed by atoms with Crippen LogP contribution >= 0.6 is 11.6 Å². The number of carbonyl (C=O) groups excluding carboxylic acids is 1. The smallest absolute Gasteiger partial charge is 0.302 e. The largest absolute Gasteiger partial charge is 0.493 e. The standard InChI is InChI=1S/C23H17ClFN3O3/c24-17-9-3-1-7-15(17)13-28-19-11-5-2-8-16(19)22(23(28)30)27-26-21(29)14-31-20-12-6-4-10-18(20)25/h1-12,30H,13-14H2. The molecular weight excluding hydrogens is 421 g/mol. The van der Waals surface area contributed by atoms with Gasteiger partial charge in [-0.3, -0.25) is 4.79 Å². The number of hydrogen-bond acceptors (Lipinski definition) is 4. The highest BCUT2D eigenvalue weighted by Crippen LogP contribution is 2.39. The molecule has 0 spiro atoms. The Kier molecular flexibility index (Phi) is 5.95. The summed E-state index contributed by atoms with van der Waals surface area (Å²) in [6.07, 6.45) is 0. The molecule has 0 atom stereocenters. The van der Waals surface area contributed by atoms with Gasteiger partial charge < -0.3 is 14.4 Å². The molecule has 1 heterocycles. The number of para-hydroxylation sites is 2. The molecule has 156 valence electrons. The zero-order valence-corrected chi connectivity index (χ0v) is 17.0. The summed E-state index contributed by atoms with van der Waals surface area (Å²) in [6.45, 7) is -0.171. The number of nitrogens with zero attached hydrogens (tertiary/aromatic N) is 3. The molecule has 0 aliphatic heterocycles. The van der Waals surface area contributed by atoms with Crippen LogP contribution in [-0.4, -0.2) is 22.2 Å². The quantitative estimate of drug-likeness (QED) is 0.383. The molecule has 31 heavy (non-hydrogen) atoms. The molecule has 4 aromatic rings. The Labute approximate surface area is 182 Å². The van der Waals surface area contributed by atoms with Crippen LogP contribution in [0.15, 0.2) is 83.0 Å². The number of rotatable bonds is 6. The fraction of sp³-hybridized carbons (Fsp3) is 0.0870. The Balaban J connectivity index is 1.59. The van der Waals surface area contributed by atoms with E-state index >= 15 is 0 Å². The molecule has 0 aliphatic rings. The van der Waals surface area contributed by atoms with Crippen molar-refractivity contribution in [3.63, 3.8) is 0 Å². The highest BCUT2D eigenvalue weighted by atomic mass is 35.5. The topological polar surface area (TPSA) is 76.2 Å². The Bertz CT molecular complexity index is 1290. The van der Waals surface area contributed by atoms with E-state index in [2.05, 4.69) is 10.2 Å². The van der Waals surface area contributed by atoms with Crippen LogP contribution in [0.25, 0.3) is 10.9 Å². The monoisotopic (exact) mass is 437 g/mol. The summed E-state index contributed by atoms with van der Waals surface area (Å²) in [5, 5.41) is 19.6. The fourth-order valence-electron chi connectivity index (χ4n) is 3.16. The number of halogens is 2. The molecule has 0 aliphatic carbocycles. The van der Waals surface area contributed by atoms with Crippen LogP contribution < -0.4 is 4.74 Å². The molecule has 0 bridgehead atoms. The summed E-state index contributed by atoms with van der Waals surface area (Å²) in [7, 11) is 0. The summed E-state index contributed by atoms with van der Waals surface area (Å²) >= 11 is 6.26. The van der Waals surface area contributed by atoms with Gasteiger partial charge in [-0.05, 0) is 29.8 Å². The molecule has 1 aromatic heterocycles. The molecule has 1 amide bonds. The maximum absolute atomic E-state index is 13.6. The van der Waals surface area contributed by atoms with Gasteiger partial charge in [0, 0.05) is 10.4 Å². The van der Waals surface area contributed by atoms with Crippen LogP contribution in [0, 0.1) is 5.82 Å². The second kappa shape index (κ2) is 8.97. The van der Waals surface area contributed by atoms with Crippen LogP contribution in [0.1, 0.15) is 5.56 Å². The van der Waals surface area contributed by atoms with Gasteiger partial charge >= 0.3 is 5.91 Å². The minimum atomic E-state index is -0.717. The van der Waals surface area contributed by atoms with E-state index in [-0.39, 0.29) is 17.3 Å². The number of aromatic hydroxyl groups is 1. The van der Waals surface area contributed by atoms with Gasteiger partial charge in [-0.25, -0.2) is 4.39 Å². The molecule has 0 saturated heterocycles. The normalized spacial score (nSPS) is 11.3. The van der Waals surface area contributed by atoms with Crippen molar-refractivity contribution >= 4 is 34.1 Å². The minimum Gasteiger partial charge on any atom is -0.493 e. The van der Waals surface area contributed by atoms with Gasteiger partial charge in [0.25, 0.3) is 0 Å². The summed E-state index contributed by atoms with van der Waals surface area (Å²) in [5.41, 5.74) is 1.68. The van der Waals surface area contributed by atoms with Crippen LogP contribution in [0.5, 0.6) is 11.6 Å². The third-order valence-electron chi connectivity index (χ3n) is 4.65. The minimum absolute atomic E-state index is 0.0507. The first-order valence-electron chi connectivity index (χ1n) is 9.40. The van der Waals surface area contributed by atoms with Crippen molar-refractivity contribution < 1.29 is 19.0 Å². The van der Waals surface area contributed by atoms with Crippen LogP contribution in [0.4, 0.5) is 10.1 Å². The lowest BCUT2D eigenvalue weighted by atomic mass is 10.2. The van der Waals surface area contributed by atoms with Gasteiger partial charge in [0.15, 0.2) is 23.9 Å². The Morgan fingerprint density at radius 3 is 2.55 bits per heavy atom. The summed E-state index contributed by atoms with van der Waals surface area (Å²) < 4.78 is 20.4. The van der Waals surface area contributed by atoms with Gasteiger partial charge in [-0.15, -0.1) is 10.2 Å². The summed E-state index contributed by atoms with van der Waals surface area (Å²) in [6, 6.07) is 20.3. The van der Waals surface area contributed by atoms with E-state index in [0.29, 0.717) is 22.5 Å². The molecule has 3 aromatic carbocycles. The average Bonchev–Trinajstić information content (AvgIpc) is 3.04. The molecule has 1 N–H and O–H groups in total. The second-order valence-corrected chi connectivity index (χ2v) is 7.09. The molecule has 0 fully saturated rings. The Morgan fingerprint density at radius 2 is 1.74 bits per heavy atom. The number of fused-ring (bicyclic) bond motifs is 1. The SMILES string of the molecule is O=C(COc1ccccc1F)N=Nc1c(O)n(Cc2ccccc2Cl)c2ccccc12. The second-order valence-electron chi connectivity index (χ2n) is 6.68. The third-order valence-corrected chi connectivity index (χ3v) is 5.02. The molecule has 0 unspecified atom stereocenters. The summed E-state index contributed by atoms with van der Waals surface area (Å²) in [5.74, 6) is -1.49. The molecule has 4 rings (SSSR count). The Hall–Kier alpha value is -3.71. The lowest BCUT2D eigenvalue weighted by Crippen LogP contribution is -2.08. The lowest BCUT2D eigenvalue weighted by Gasteiger charge is -2.08. The fourth-order valence-corrected chi connectivity index (χ4v) is 3.36. The van der Waals surface area contributed by atoms with Gasteiger partial charge in [-0.1, -0.05) is 60.1 Å². The van der Waals surface area contributed by atoms with Gasteiger partial charge in [0.05, 0.1) is 12.1 Å². The van der Waals surface area contributed by atoms with Crippen molar-refractivity contribution in [2.45, 2.75) is 6.54 Å². The van der Waals surface area contributed by atoms with Crippen molar-refractivity contribution in [1.82, 2.24) is 4.57 Å². The lowest BCUT2D eigenvalue weighted by molar-refractivity contribution is -0.120. The van der Waals surface area contributed by atoms with Gasteiger partial charge in [-0.2, -0.15) is 0 Å². The molecule has 6 nitrogen and oxygen atoms in total. The van der Waals surface area contributed by atoms with Gasteiger partial charge in [0.1, 0.15) is 0 Å².